The summed E-state index contributed by atoms with van der Waals surface area (Å²) in [6.07, 6.45) is 1.17. The van der Waals surface area contributed by atoms with Gasteiger partial charge in [-0.05, 0) is 34.1 Å². The maximum atomic E-state index is 5.05. The molecule has 0 amide bonds. The lowest BCUT2D eigenvalue weighted by atomic mass is 10.5. The molecule has 0 bridgehead atoms. The second kappa shape index (κ2) is 9.20. The molecule has 0 aromatic rings. The van der Waals surface area contributed by atoms with Crippen molar-refractivity contribution in [2.45, 2.75) is 34.1 Å². The van der Waals surface area contributed by atoms with Crippen LogP contribution in [-0.4, -0.2) is 38.5 Å². The number of nitrogens with one attached hydrogen (secondary N) is 7. The van der Waals surface area contributed by atoms with E-state index in [-0.39, 0.29) is 0 Å². The summed E-state index contributed by atoms with van der Waals surface area (Å²) >= 11 is 1.97. The van der Waals surface area contributed by atoms with Crippen molar-refractivity contribution in [1.29, 1.82) is 0 Å². The molecule has 0 atom stereocenters. The van der Waals surface area contributed by atoms with E-state index in [1.54, 1.807) is 0 Å². The van der Waals surface area contributed by atoms with Crippen LogP contribution in [0.4, 0.5) is 0 Å². The molecule has 0 radical (unpaired) electrons. The third-order valence-corrected chi connectivity index (χ3v) is 18.4. The van der Waals surface area contributed by atoms with Crippen molar-refractivity contribution in [3.63, 3.8) is 0 Å². The molecule has 0 saturated carbocycles. The molecule has 2 aliphatic heterocycles. The van der Waals surface area contributed by atoms with Crippen LogP contribution in [0.25, 0.3) is 0 Å². The summed E-state index contributed by atoms with van der Waals surface area (Å²) in [5, 5.41) is 14.7. The molecule has 2 aliphatic rings. The van der Waals surface area contributed by atoms with Crippen molar-refractivity contribution in [3.8, 4) is 0 Å². The topological polar surface area (TPSA) is 96.6 Å². The fraction of sp³-hybridized carbons (Fsp3) is 1.00. The zero-order valence-electron chi connectivity index (χ0n) is 14.6. The maximum absolute atomic E-state index is 5.05. The zero-order chi connectivity index (χ0) is 16.8. The highest BCUT2D eigenvalue weighted by Crippen LogP contribution is 2.76. The van der Waals surface area contributed by atoms with E-state index in [9.17, 15) is 0 Å². The second-order valence-corrected chi connectivity index (χ2v) is 16.1. The molecule has 1 saturated heterocycles. The molecule has 7 N–H and O–H groups in total. The van der Waals surface area contributed by atoms with Crippen LogP contribution in [0.2, 0.25) is 0 Å². The van der Waals surface area contributed by atoms with Gasteiger partial charge in [0.15, 0.2) is 0 Å². The van der Waals surface area contributed by atoms with Gasteiger partial charge in [0.1, 0.15) is 0 Å². The highest BCUT2D eigenvalue weighted by atomic mass is 32.7. The molecule has 136 valence electrons. The summed E-state index contributed by atoms with van der Waals surface area (Å²) in [5.74, 6) is 1.16. The van der Waals surface area contributed by atoms with Crippen molar-refractivity contribution in [3.05, 3.63) is 0 Å². The Balaban J connectivity index is 2.41. The lowest BCUT2D eigenvalue weighted by molar-refractivity contribution is 0.842. The number of hydrogen-bond donors (Lipinski definition) is 7. The monoisotopic (exact) mass is 402 g/mol. The minimum absolute atomic E-state index is 0.906. The van der Waals surface area contributed by atoms with Crippen LogP contribution in [0.3, 0.4) is 0 Å². The normalized spacial score (nSPS) is 25.2. The second-order valence-electron chi connectivity index (χ2n) is 5.32. The quantitative estimate of drug-likeness (QED) is 0.312. The number of nitrogens with zero attached hydrogens (tertiary/aromatic N) is 1. The summed E-state index contributed by atoms with van der Waals surface area (Å²) in [6, 6.07) is 0. The van der Waals surface area contributed by atoms with E-state index < -0.39 is 22.3 Å². The van der Waals surface area contributed by atoms with Gasteiger partial charge < -0.3 is 0 Å². The Kier molecular flexibility index (Phi) is 8.19. The first-order valence-electron chi connectivity index (χ1n) is 8.47. The van der Waals surface area contributed by atoms with Gasteiger partial charge in [-0.25, -0.2) is 0 Å². The molecule has 23 heavy (non-hydrogen) atoms. The van der Waals surface area contributed by atoms with Crippen LogP contribution in [0.1, 0.15) is 34.1 Å². The fourth-order valence-corrected chi connectivity index (χ4v) is 20.8. The molecule has 0 aromatic heterocycles. The third kappa shape index (κ3) is 5.08. The van der Waals surface area contributed by atoms with Gasteiger partial charge in [0.25, 0.3) is 0 Å². The highest BCUT2D eigenvalue weighted by molar-refractivity contribution is 8.59. The SMILES string of the molecule is CCN[P+]1(NCC)NP2(=NCCCS2)N[P+](NCC)(NCC)N1. The Hall–Kier alpha value is 1.16. The van der Waals surface area contributed by atoms with E-state index in [1.165, 1.54) is 6.42 Å². The van der Waals surface area contributed by atoms with E-state index >= 15 is 0 Å². The Labute approximate surface area is 146 Å². The van der Waals surface area contributed by atoms with Crippen LogP contribution in [0, 0.1) is 0 Å². The maximum Gasteiger partial charge on any atom is 0.343 e. The van der Waals surface area contributed by atoms with E-state index in [4.69, 9.17) is 4.74 Å². The Morgan fingerprint density at radius 2 is 1.39 bits per heavy atom. The van der Waals surface area contributed by atoms with E-state index in [0.717, 1.165) is 38.5 Å². The van der Waals surface area contributed by atoms with E-state index in [0.29, 0.717) is 0 Å². The summed E-state index contributed by atoms with van der Waals surface area (Å²) in [7, 11) is -3.82. The van der Waals surface area contributed by atoms with Crippen molar-refractivity contribution < 1.29 is 0 Å². The molecule has 0 aliphatic carbocycles. The molecule has 0 unspecified atom stereocenters. The number of rotatable bonds is 8. The predicted octanol–water partition coefficient (Wildman–Crippen LogP) is 2.65. The molecule has 1 spiro atoms. The Bertz CT molecular complexity index is 397. The van der Waals surface area contributed by atoms with Crippen molar-refractivity contribution in [2.75, 3.05) is 38.5 Å². The highest BCUT2D eigenvalue weighted by Gasteiger charge is 2.63. The molecule has 0 aromatic carbocycles. The first-order valence-corrected chi connectivity index (χ1v) is 15.4. The van der Waals surface area contributed by atoms with Crippen LogP contribution >= 0.6 is 33.7 Å². The van der Waals surface area contributed by atoms with Gasteiger partial charge in [0.2, 0.25) is 6.56 Å². The first kappa shape index (κ1) is 20.5. The van der Waals surface area contributed by atoms with Crippen LogP contribution < -0.4 is 34.9 Å². The predicted molar refractivity (Wildman–Crippen MR) is 109 cm³/mol. The smallest absolute Gasteiger partial charge is 0.260 e. The summed E-state index contributed by atoms with van der Waals surface area (Å²) < 4.78 is 5.05. The van der Waals surface area contributed by atoms with Gasteiger partial charge in [-0.2, -0.15) is 0 Å². The van der Waals surface area contributed by atoms with Crippen LogP contribution in [0.5, 0.6) is 0 Å². The van der Waals surface area contributed by atoms with Gasteiger partial charge in [-0.3, -0.25) is 4.74 Å². The lowest BCUT2D eigenvalue weighted by Crippen LogP contribution is -2.56. The Morgan fingerprint density at radius 1 is 0.913 bits per heavy atom. The van der Waals surface area contributed by atoms with E-state index in [2.05, 4.69) is 62.6 Å². The molecular weight excluding hydrogens is 369 g/mol. The standard InChI is InChI=1S/C11H33N8P3S/c1-5-12-20(13-6-2)17-21(14-7-3,15-8-4)19-22(18-20)16-10-9-11-23-22/h12-15,17-19H,5-11H2,1-4H3/q+2. The van der Waals surface area contributed by atoms with Gasteiger partial charge >= 0.3 is 15.7 Å². The van der Waals surface area contributed by atoms with Gasteiger partial charge in [-0.15, -0.1) is 20.3 Å². The van der Waals surface area contributed by atoms with Gasteiger partial charge in [-0.1, -0.05) is 21.1 Å². The van der Waals surface area contributed by atoms with Crippen molar-refractivity contribution in [1.82, 2.24) is 34.9 Å². The average Bonchev–Trinajstić information content (AvgIpc) is 2.48. The Morgan fingerprint density at radius 3 is 1.74 bits per heavy atom. The van der Waals surface area contributed by atoms with Crippen LogP contribution in [-0.2, 0) is 0 Å². The third-order valence-electron chi connectivity index (χ3n) is 3.33. The largest absolute Gasteiger partial charge is 0.343 e. The lowest BCUT2D eigenvalue weighted by Gasteiger charge is -2.42. The minimum atomic E-state index is -1.91. The summed E-state index contributed by atoms with van der Waals surface area (Å²) in [4.78, 5) is 11.6. The molecule has 1 fully saturated rings. The fourth-order valence-electron chi connectivity index (χ4n) is 2.68. The first-order chi connectivity index (χ1) is 11.1. The van der Waals surface area contributed by atoms with Crippen molar-refractivity contribution >= 4 is 33.7 Å². The summed E-state index contributed by atoms with van der Waals surface area (Å²) in [6.45, 7) is 11.4. The van der Waals surface area contributed by atoms with Gasteiger partial charge in [0, 0.05) is 43.3 Å². The molecule has 12 heteroatoms. The molecule has 2 heterocycles. The minimum Gasteiger partial charge on any atom is -0.260 e. The van der Waals surface area contributed by atoms with Gasteiger partial charge in [0.05, 0.1) is 0 Å². The zero-order valence-corrected chi connectivity index (χ0v) is 18.1. The van der Waals surface area contributed by atoms with Crippen LogP contribution in [0.15, 0.2) is 4.74 Å². The summed E-state index contributed by atoms with van der Waals surface area (Å²) in [5.41, 5.74) is 0. The number of hydrogen-bond acceptors (Lipinski definition) is 9. The molecule has 8 nitrogen and oxygen atoms in total. The van der Waals surface area contributed by atoms with Crippen molar-refractivity contribution in [2.24, 2.45) is 4.74 Å². The average molecular weight is 402 g/mol. The van der Waals surface area contributed by atoms with E-state index in [1.807, 2.05) is 11.4 Å². The molecular formula is C11H33N8P3S+2. The molecule has 2 rings (SSSR count).